The van der Waals surface area contributed by atoms with Gasteiger partial charge in [0.05, 0.1) is 5.92 Å². The summed E-state index contributed by atoms with van der Waals surface area (Å²) >= 11 is 0. The van der Waals surface area contributed by atoms with E-state index in [1.165, 1.54) is 0 Å². The van der Waals surface area contributed by atoms with Gasteiger partial charge in [0.2, 0.25) is 0 Å². The highest BCUT2D eigenvalue weighted by molar-refractivity contribution is 5.74. The molecule has 0 radical (unpaired) electrons. The predicted molar refractivity (Wildman–Crippen MR) is 61.4 cm³/mol. The predicted octanol–water partition coefficient (Wildman–Crippen LogP) is -0.0420. The number of hydrogen-bond acceptors (Lipinski definition) is 3. The molecule has 0 aromatic carbocycles. The molecule has 6 heteroatoms. The van der Waals surface area contributed by atoms with Crippen LogP contribution in [-0.4, -0.2) is 55.7 Å². The van der Waals surface area contributed by atoms with Gasteiger partial charge in [0.1, 0.15) is 0 Å². The molecule has 0 heterocycles. The van der Waals surface area contributed by atoms with Crippen LogP contribution in [0, 0.1) is 5.92 Å². The molecule has 6 nitrogen and oxygen atoms in total. The number of carbonyl (C=O) groups excluding carboxylic acids is 1. The van der Waals surface area contributed by atoms with E-state index in [-0.39, 0.29) is 6.03 Å². The third kappa shape index (κ3) is 8.05. The molecular formula is C10H21N3O3. The molecule has 1 unspecified atom stereocenters. The summed E-state index contributed by atoms with van der Waals surface area (Å²) in [6.45, 7) is 3.35. The number of carboxylic acids is 1. The maximum absolute atomic E-state index is 11.2. The second-order valence-corrected chi connectivity index (χ2v) is 4.01. The standard InChI is InChI=1S/C10H21N3O3/c1-8(9(14)15)4-5-11-10(16)12-6-7-13(2)3/h8H,4-7H2,1-3H3,(H,14,15)(H2,11,12,16). The van der Waals surface area contributed by atoms with Crippen molar-refractivity contribution in [2.75, 3.05) is 33.7 Å². The summed E-state index contributed by atoms with van der Waals surface area (Å²) in [5.74, 6) is -1.27. The lowest BCUT2D eigenvalue weighted by atomic mass is 10.1. The van der Waals surface area contributed by atoms with Gasteiger partial charge in [-0.3, -0.25) is 4.79 Å². The van der Waals surface area contributed by atoms with E-state index < -0.39 is 11.9 Å². The Kier molecular flexibility index (Phi) is 7.28. The van der Waals surface area contributed by atoms with Gasteiger partial charge in [0.15, 0.2) is 0 Å². The second kappa shape index (κ2) is 7.92. The molecule has 0 saturated carbocycles. The van der Waals surface area contributed by atoms with Crippen molar-refractivity contribution in [2.45, 2.75) is 13.3 Å². The average Bonchev–Trinajstić information content (AvgIpc) is 2.16. The molecular weight excluding hydrogens is 210 g/mol. The van der Waals surface area contributed by atoms with Crippen molar-refractivity contribution < 1.29 is 14.7 Å². The van der Waals surface area contributed by atoms with Crippen molar-refractivity contribution in [3.05, 3.63) is 0 Å². The number of nitrogens with zero attached hydrogens (tertiary/aromatic N) is 1. The Morgan fingerprint density at radius 3 is 2.31 bits per heavy atom. The Morgan fingerprint density at radius 1 is 1.25 bits per heavy atom. The van der Waals surface area contributed by atoms with Crippen molar-refractivity contribution >= 4 is 12.0 Å². The van der Waals surface area contributed by atoms with Crippen molar-refractivity contribution in [1.82, 2.24) is 15.5 Å². The highest BCUT2D eigenvalue weighted by Crippen LogP contribution is 1.99. The summed E-state index contributed by atoms with van der Waals surface area (Å²) in [6, 6.07) is -0.251. The van der Waals surface area contributed by atoms with Crippen molar-refractivity contribution in [2.24, 2.45) is 5.92 Å². The van der Waals surface area contributed by atoms with E-state index in [4.69, 9.17) is 5.11 Å². The SMILES string of the molecule is CC(CCNC(=O)NCCN(C)C)C(=O)O. The lowest BCUT2D eigenvalue weighted by Gasteiger charge is -2.11. The Morgan fingerprint density at radius 2 is 1.81 bits per heavy atom. The molecule has 0 aliphatic carbocycles. The first-order valence-corrected chi connectivity index (χ1v) is 5.32. The van der Waals surface area contributed by atoms with E-state index in [0.717, 1.165) is 6.54 Å². The molecule has 0 aliphatic heterocycles. The highest BCUT2D eigenvalue weighted by atomic mass is 16.4. The van der Waals surface area contributed by atoms with Crippen LogP contribution in [0.15, 0.2) is 0 Å². The fourth-order valence-electron chi connectivity index (χ4n) is 0.981. The van der Waals surface area contributed by atoms with Crippen LogP contribution in [0.2, 0.25) is 0 Å². The third-order valence-corrected chi connectivity index (χ3v) is 2.13. The molecule has 3 N–H and O–H groups in total. The monoisotopic (exact) mass is 231 g/mol. The zero-order chi connectivity index (χ0) is 12.6. The topological polar surface area (TPSA) is 81.7 Å². The Balaban J connectivity index is 3.47. The lowest BCUT2D eigenvalue weighted by Crippen LogP contribution is -2.39. The van der Waals surface area contributed by atoms with Crippen LogP contribution in [-0.2, 0) is 4.79 Å². The average molecular weight is 231 g/mol. The molecule has 0 fully saturated rings. The van der Waals surface area contributed by atoms with Crippen molar-refractivity contribution in [3.63, 3.8) is 0 Å². The van der Waals surface area contributed by atoms with E-state index in [1.807, 2.05) is 19.0 Å². The minimum absolute atomic E-state index is 0.251. The molecule has 0 aromatic heterocycles. The summed E-state index contributed by atoms with van der Waals surface area (Å²) in [5, 5.41) is 13.9. The number of hydrogen-bond donors (Lipinski definition) is 3. The second-order valence-electron chi connectivity index (χ2n) is 4.01. The largest absolute Gasteiger partial charge is 0.481 e. The van der Waals surface area contributed by atoms with Crippen molar-refractivity contribution in [3.8, 4) is 0 Å². The Bertz CT molecular complexity index is 231. The van der Waals surface area contributed by atoms with Crippen LogP contribution in [0.25, 0.3) is 0 Å². The fraction of sp³-hybridized carbons (Fsp3) is 0.800. The molecule has 0 rings (SSSR count). The Labute approximate surface area is 96.0 Å². The van der Waals surface area contributed by atoms with E-state index >= 15 is 0 Å². The first kappa shape index (κ1) is 14.7. The maximum Gasteiger partial charge on any atom is 0.314 e. The van der Waals surface area contributed by atoms with Gasteiger partial charge >= 0.3 is 12.0 Å². The zero-order valence-electron chi connectivity index (χ0n) is 10.1. The van der Waals surface area contributed by atoms with Crippen LogP contribution >= 0.6 is 0 Å². The summed E-state index contributed by atoms with van der Waals surface area (Å²) in [6.07, 6.45) is 0.441. The zero-order valence-corrected chi connectivity index (χ0v) is 10.1. The molecule has 2 amide bonds. The minimum atomic E-state index is -0.838. The summed E-state index contributed by atoms with van der Waals surface area (Å²) in [4.78, 5) is 23.6. The van der Waals surface area contributed by atoms with Gasteiger partial charge in [0.25, 0.3) is 0 Å². The quantitative estimate of drug-likeness (QED) is 0.574. The van der Waals surface area contributed by atoms with Gasteiger partial charge in [-0.25, -0.2) is 4.79 Å². The number of likely N-dealkylation sites (N-methyl/N-ethyl adjacent to an activating group) is 1. The van der Waals surface area contributed by atoms with Gasteiger partial charge in [0, 0.05) is 19.6 Å². The number of rotatable bonds is 7. The summed E-state index contributed by atoms with van der Waals surface area (Å²) < 4.78 is 0. The molecule has 0 aromatic rings. The van der Waals surface area contributed by atoms with Crippen LogP contribution in [0.5, 0.6) is 0 Å². The molecule has 0 aliphatic rings. The van der Waals surface area contributed by atoms with Crippen LogP contribution in [0.1, 0.15) is 13.3 Å². The van der Waals surface area contributed by atoms with E-state index in [0.29, 0.717) is 19.5 Å². The molecule has 1 atom stereocenters. The van der Waals surface area contributed by atoms with E-state index in [2.05, 4.69) is 10.6 Å². The van der Waals surface area contributed by atoms with Crippen LogP contribution in [0.3, 0.4) is 0 Å². The van der Waals surface area contributed by atoms with E-state index in [9.17, 15) is 9.59 Å². The highest BCUT2D eigenvalue weighted by Gasteiger charge is 2.10. The molecule has 94 valence electrons. The van der Waals surface area contributed by atoms with Crippen molar-refractivity contribution in [1.29, 1.82) is 0 Å². The van der Waals surface area contributed by atoms with Gasteiger partial charge < -0.3 is 20.6 Å². The fourth-order valence-corrected chi connectivity index (χ4v) is 0.981. The Hall–Kier alpha value is -1.30. The van der Waals surface area contributed by atoms with Gasteiger partial charge in [-0.1, -0.05) is 6.92 Å². The third-order valence-electron chi connectivity index (χ3n) is 2.13. The maximum atomic E-state index is 11.2. The number of carbonyl (C=O) groups is 2. The number of carboxylic acid groups (broad SMARTS) is 1. The molecule has 0 bridgehead atoms. The molecule has 0 saturated heterocycles. The molecule has 0 spiro atoms. The molecule has 16 heavy (non-hydrogen) atoms. The summed E-state index contributed by atoms with van der Waals surface area (Å²) in [7, 11) is 3.85. The first-order valence-electron chi connectivity index (χ1n) is 5.32. The first-order chi connectivity index (χ1) is 7.43. The number of urea groups is 1. The van der Waals surface area contributed by atoms with Gasteiger partial charge in [-0.15, -0.1) is 0 Å². The number of nitrogens with one attached hydrogen (secondary N) is 2. The van der Waals surface area contributed by atoms with E-state index in [1.54, 1.807) is 6.92 Å². The number of amides is 2. The minimum Gasteiger partial charge on any atom is -0.481 e. The van der Waals surface area contributed by atoms with Crippen LogP contribution < -0.4 is 10.6 Å². The van der Waals surface area contributed by atoms with Gasteiger partial charge in [-0.2, -0.15) is 0 Å². The van der Waals surface area contributed by atoms with Crippen LogP contribution in [0.4, 0.5) is 4.79 Å². The van der Waals surface area contributed by atoms with Gasteiger partial charge in [-0.05, 0) is 20.5 Å². The smallest absolute Gasteiger partial charge is 0.314 e. The lowest BCUT2D eigenvalue weighted by molar-refractivity contribution is -0.141. The number of aliphatic carboxylic acids is 1. The normalized spacial score (nSPS) is 12.2. The summed E-state index contributed by atoms with van der Waals surface area (Å²) in [5.41, 5.74) is 0.